The molecule has 0 unspecified atom stereocenters. The standard InChI is InChI=1S/C10H20N2O4/c1-10(2,3)16-9(14)12-6-5-11-7-8(13)15-4/h11H,5-7H2,1-4H3,(H,12,14)/p-1. The van der Waals surface area contributed by atoms with Gasteiger partial charge in [-0.25, -0.2) is 0 Å². The molecule has 0 saturated carbocycles. The second-order valence-electron chi connectivity index (χ2n) is 4.11. The van der Waals surface area contributed by atoms with Crippen molar-refractivity contribution in [2.75, 3.05) is 26.7 Å². The van der Waals surface area contributed by atoms with E-state index in [0.717, 1.165) is 0 Å². The summed E-state index contributed by atoms with van der Waals surface area (Å²) in [5, 5.41) is 13.9. The molecule has 0 radical (unpaired) electrons. The maximum atomic E-state index is 11.1. The Kier molecular flexibility index (Phi) is 6.48. The van der Waals surface area contributed by atoms with Gasteiger partial charge in [0.05, 0.1) is 20.2 Å². The van der Waals surface area contributed by atoms with Crippen molar-refractivity contribution in [3.8, 4) is 0 Å². The Bertz CT molecular complexity index is 246. The number of methoxy groups -OCH3 is 1. The summed E-state index contributed by atoms with van der Waals surface area (Å²) in [4.78, 5) is 14.3. The summed E-state index contributed by atoms with van der Waals surface area (Å²) in [6.07, 6.45) is -0.590. The number of carbonyl (C=O) groups excluding carboxylic acids is 1. The summed E-state index contributed by atoms with van der Waals surface area (Å²) >= 11 is 0. The number of esters is 1. The van der Waals surface area contributed by atoms with Crippen LogP contribution in [-0.4, -0.2) is 44.4 Å². The van der Waals surface area contributed by atoms with Crippen molar-refractivity contribution in [2.24, 2.45) is 4.99 Å². The minimum atomic E-state index is -0.590. The van der Waals surface area contributed by atoms with Crippen LogP contribution in [0.4, 0.5) is 0 Å². The van der Waals surface area contributed by atoms with E-state index in [4.69, 9.17) is 4.74 Å². The molecule has 16 heavy (non-hydrogen) atoms. The fraction of sp³-hybridized carbons (Fsp3) is 0.800. The normalized spacial score (nSPS) is 12.4. The largest absolute Gasteiger partial charge is 0.595 e. The summed E-state index contributed by atoms with van der Waals surface area (Å²) in [5.74, 6) is -0.350. The molecule has 0 aromatic rings. The highest BCUT2D eigenvalue weighted by Gasteiger charge is 2.03. The van der Waals surface area contributed by atoms with Gasteiger partial charge in [0.2, 0.25) is 0 Å². The number of ether oxygens (including phenoxy) is 2. The van der Waals surface area contributed by atoms with Crippen molar-refractivity contribution >= 4 is 12.1 Å². The van der Waals surface area contributed by atoms with E-state index in [0.29, 0.717) is 6.54 Å². The molecule has 0 aliphatic carbocycles. The lowest BCUT2D eigenvalue weighted by Gasteiger charge is -2.29. The van der Waals surface area contributed by atoms with Gasteiger partial charge in [0.1, 0.15) is 6.08 Å². The Hall–Kier alpha value is -1.30. The lowest BCUT2D eigenvalue weighted by atomic mass is 10.2. The molecule has 0 aliphatic rings. The smallest absolute Gasteiger partial charge is 0.319 e. The van der Waals surface area contributed by atoms with Gasteiger partial charge in [-0.05, 0) is 0 Å². The molecule has 0 aromatic carbocycles. The molecule has 0 spiro atoms. The maximum absolute atomic E-state index is 11.1. The van der Waals surface area contributed by atoms with Crippen molar-refractivity contribution in [1.82, 2.24) is 5.32 Å². The lowest BCUT2D eigenvalue weighted by Crippen LogP contribution is -2.33. The number of hydrogen-bond acceptors (Lipinski definition) is 6. The molecule has 6 heteroatoms. The minimum absolute atomic E-state index is 0.111. The van der Waals surface area contributed by atoms with E-state index < -0.39 is 11.7 Å². The maximum Gasteiger partial charge on any atom is 0.319 e. The van der Waals surface area contributed by atoms with Gasteiger partial charge in [0, 0.05) is 12.1 Å². The molecule has 0 heterocycles. The van der Waals surface area contributed by atoms with Crippen LogP contribution in [-0.2, 0) is 14.3 Å². The molecule has 0 amide bonds. The molecule has 0 saturated heterocycles. The number of aliphatic imine (C=N–C) groups is 1. The third-order valence-electron chi connectivity index (χ3n) is 1.42. The molecule has 0 aliphatic heterocycles. The number of hydrogen-bond donors (Lipinski definition) is 1. The molecule has 0 bridgehead atoms. The number of carbonyl (C=O) groups is 1. The first kappa shape index (κ1) is 14.7. The SMILES string of the molecule is COC(=O)CNCCN=C([O-])OC(C)(C)C. The van der Waals surface area contributed by atoms with Crippen molar-refractivity contribution < 1.29 is 19.4 Å². The van der Waals surface area contributed by atoms with Crippen LogP contribution in [0.25, 0.3) is 0 Å². The zero-order chi connectivity index (χ0) is 12.6. The second-order valence-corrected chi connectivity index (χ2v) is 4.11. The summed E-state index contributed by atoms with van der Waals surface area (Å²) in [5.41, 5.74) is -0.528. The van der Waals surface area contributed by atoms with Crippen LogP contribution in [0.3, 0.4) is 0 Å². The zero-order valence-corrected chi connectivity index (χ0v) is 10.2. The van der Waals surface area contributed by atoms with Crippen LogP contribution < -0.4 is 10.4 Å². The summed E-state index contributed by atoms with van der Waals surface area (Å²) < 4.78 is 9.38. The summed E-state index contributed by atoms with van der Waals surface area (Å²) in [6.45, 7) is 6.13. The Morgan fingerprint density at radius 1 is 1.44 bits per heavy atom. The van der Waals surface area contributed by atoms with E-state index in [1.165, 1.54) is 7.11 Å². The third kappa shape index (κ3) is 9.26. The fourth-order valence-corrected chi connectivity index (χ4v) is 0.783. The van der Waals surface area contributed by atoms with Crippen LogP contribution in [0.15, 0.2) is 4.99 Å². The minimum Gasteiger partial charge on any atom is -0.595 e. The van der Waals surface area contributed by atoms with Crippen LogP contribution in [0.5, 0.6) is 0 Å². The molecular formula is C10H19N2O4-. The van der Waals surface area contributed by atoms with Gasteiger partial charge in [0.25, 0.3) is 0 Å². The van der Waals surface area contributed by atoms with Gasteiger partial charge in [-0.3, -0.25) is 9.79 Å². The first-order valence-corrected chi connectivity index (χ1v) is 5.03. The predicted octanol–water partition coefficient (Wildman–Crippen LogP) is -0.720. The van der Waals surface area contributed by atoms with Crippen LogP contribution in [0.2, 0.25) is 0 Å². The van der Waals surface area contributed by atoms with Gasteiger partial charge >= 0.3 is 5.97 Å². The molecule has 0 fully saturated rings. The molecule has 94 valence electrons. The van der Waals surface area contributed by atoms with E-state index in [2.05, 4.69) is 15.0 Å². The lowest BCUT2D eigenvalue weighted by molar-refractivity contribution is -0.260. The van der Waals surface area contributed by atoms with E-state index in [-0.39, 0.29) is 19.1 Å². The predicted molar refractivity (Wildman–Crippen MR) is 58.0 cm³/mol. The molecular weight excluding hydrogens is 212 g/mol. The molecule has 6 nitrogen and oxygen atoms in total. The van der Waals surface area contributed by atoms with E-state index in [1.54, 1.807) is 20.8 Å². The fourth-order valence-electron chi connectivity index (χ4n) is 0.783. The second kappa shape index (κ2) is 7.05. The van der Waals surface area contributed by atoms with Gasteiger partial charge in [-0.1, -0.05) is 20.8 Å². The van der Waals surface area contributed by atoms with E-state index in [1.807, 2.05) is 0 Å². The number of rotatable bonds is 5. The van der Waals surface area contributed by atoms with E-state index >= 15 is 0 Å². The van der Waals surface area contributed by atoms with Gasteiger partial charge in [-0.15, -0.1) is 0 Å². The van der Waals surface area contributed by atoms with Crippen molar-refractivity contribution in [3.05, 3.63) is 0 Å². The highest BCUT2D eigenvalue weighted by Crippen LogP contribution is 2.05. The summed E-state index contributed by atoms with van der Waals surface area (Å²) in [7, 11) is 1.31. The van der Waals surface area contributed by atoms with Crippen molar-refractivity contribution in [1.29, 1.82) is 0 Å². The van der Waals surface area contributed by atoms with Crippen molar-refractivity contribution in [3.63, 3.8) is 0 Å². The van der Waals surface area contributed by atoms with Gasteiger partial charge < -0.3 is 19.9 Å². The summed E-state index contributed by atoms with van der Waals surface area (Å²) in [6, 6.07) is 0. The van der Waals surface area contributed by atoms with Gasteiger partial charge in [0.15, 0.2) is 0 Å². The van der Waals surface area contributed by atoms with Crippen LogP contribution in [0, 0.1) is 0 Å². The number of nitrogens with zero attached hydrogens (tertiary/aromatic N) is 1. The topological polar surface area (TPSA) is 83.0 Å². The average molecular weight is 231 g/mol. The highest BCUT2D eigenvalue weighted by molar-refractivity contribution is 5.71. The Labute approximate surface area is 95.7 Å². The van der Waals surface area contributed by atoms with Gasteiger partial charge in [-0.2, -0.15) is 0 Å². The Morgan fingerprint density at radius 3 is 2.56 bits per heavy atom. The monoisotopic (exact) mass is 231 g/mol. The molecule has 0 aromatic heterocycles. The molecule has 0 atom stereocenters. The van der Waals surface area contributed by atoms with Crippen LogP contribution >= 0.6 is 0 Å². The third-order valence-corrected chi connectivity index (χ3v) is 1.42. The van der Waals surface area contributed by atoms with E-state index in [9.17, 15) is 9.90 Å². The van der Waals surface area contributed by atoms with Crippen LogP contribution in [0.1, 0.15) is 20.8 Å². The van der Waals surface area contributed by atoms with Crippen molar-refractivity contribution in [2.45, 2.75) is 26.4 Å². The molecule has 0 rings (SSSR count). The first-order chi connectivity index (χ1) is 7.35. The quantitative estimate of drug-likeness (QED) is 0.292. The highest BCUT2D eigenvalue weighted by atomic mass is 16.6. The Morgan fingerprint density at radius 2 is 2.06 bits per heavy atom. The number of nitrogens with one attached hydrogen (secondary N) is 1. The Balaban J connectivity index is 3.64. The average Bonchev–Trinajstić information content (AvgIpc) is 2.14. The molecule has 1 N–H and O–H groups in total. The zero-order valence-electron chi connectivity index (χ0n) is 10.2. The first-order valence-electron chi connectivity index (χ1n) is 5.03.